The number of ether oxygens (including phenoxy) is 6. The Morgan fingerprint density at radius 3 is 1.35 bits per heavy atom. The third-order valence-electron chi connectivity index (χ3n) is 5.38. The van der Waals surface area contributed by atoms with E-state index in [1.54, 1.807) is 0 Å². The largest absolute Gasteiger partial charge is 0.461 e. The average molecular weight is 483 g/mol. The van der Waals surface area contributed by atoms with E-state index in [-0.39, 0.29) is 16.7 Å². The van der Waals surface area contributed by atoms with Crippen LogP contribution in [0.5, 0.6) is 17.2 Å². The second-order valence-electron chi connectivity index (χ2n) is 11.0. The SMILES string of the molecule is CCOC(C)Oc1cc(C(CC(C)(C)C)C(C)(C)C)cc(OC(C)OCC)c1OC(C)OCC. The second-order valence-corrected chi connectivity index (χ2v) is 11.0. The Bertz CT molecular complexity index is 684. The molecule has 0 radical (unpaired) electrons. The van der Waals surface area contributed by atoms with E-state index in [2.05, 4.69) is 53.7 Å². The normalized spacial score (nSPS) is 16.0. The zero-order valence-corrected chi connectivity index (χ0v) is 23.7. The predicted octanol–water partition coefficient (Wildman–Crippen LogP) is 7.54. The highest BCUT2D eigenvalue weighted by molar-refractivity contribution is 5.55. The van der Waals surface area contributed by atoms with E-state index in [0.717, 1.165) is 12.0 Å². The van der Waals surface area contributed by atoms with Crippen molar-refractivity contribution in [3.63, 3.8) is 0 Å². The first-order valence-corrected chi connectivity index (χ1v) is 12.7. The summed E-state index contributed by atoms with van der Waals surface area (Å²) in [6, 6.07) is 4.15. The highest BCUT2D eigenvalue weighted by Crippen LogP contribution is 2.48. The van der Waals surface area contributed by atoms with Gasteiger partial charge in [-0.2, -0.15) is 0 Å². The van der Waals surface area contributed by atoms with Crippen molar-refractivity contribution in [2.75, 3.05) is 19.8 Å². The van der Waals surface area contributed by atoms with Gasteiger partial charge in [0.25, 0.3) is 0 Å². The van der Waals surface area contributed by atoms with Crippen LogP contribution >= 0.6 is 0 Å². The van der Waals surface area contributed by atoms with Crippen LogP contribution in [-0.4, -0.2) is 38.7 Å². The van der Waals surface area contributed by atoms with Crippen LogP contribution in [0.25, 0.3) is 0 Å². The number of hydrogen-bond acceptors (Lipinski definition) is 6. The summed E-state index contributed by atoms with van der Waals surface area (Å²) in [5.74, 6) is 1.91. The van der Waals surface area contributed by atoms with Crippen LogP contribution in [-0.2, 0) is 14.2 Å². The lowest BCUT2D eigenvalue weighted by atomic mass is 9.69. The molecule has 0 heterocycles. The monoisotopic (exact) mass is 482 g/mol. The van der Waals surface area contributed by atoms with Gasteiger partial charge in [0.15, 0.2) is 30.4 Å². The standard InChI is InChI=1S/C28H50O6/c1-13-29-19(4)32-24-16-22(23(28(10,11)12)18-27(7,8)9)17-25(33-20(5)30-14-2)26(24)34-21(6)31-15-3/h16-17,19-21,23H,13-15,18H2,1-12H3. The summed E-state index contributed by atoms with van der Waals surface area (Å²) in [5.41, 5.74) is 1.31. The molecule has 0 amide bonds. The topological polar surface area (TPSA) is 55.4 Å². The molecule has 1 rings (SSSR count). The molecule has 0 aliphatic heterocycles. The van der Waals surface area contributed by atoms with E-state index in [1.807, 2.05) is 41.5 Å². The van der Waals surface area contributed by atoms with Crippen LogP contribution in [0.2, 0.25) is 0 Å². The van der Waals surface area contributed by atoms with Crippen molar-refractivity contribution in [3.8, 4) is 17.2 Å². The lowest BCUT2D eigenvalue weighted by Gasteiger charge is -2.37. The Morgan fingerprint density at radius 2 is 1.03 bits per heavy atom. The summed E-state index contributed by atoms with van der Waals surface area (Å²) >= 11 is 0. The molecule has 0 fully saturated rings. The van der Waals surface area contributed by atoms with E-state index < -0.39 is 18.9 Å². The van der Waals surface area contributed by atoms with Gasteiger partial charge in [-0.1, -0.05) is 41.5 Å². The molecule has 4 atom stereocenters. The molecule has 0 aliphatic rings. The van der Waals surface area contributed by atoms with Crippen LogP contribution in [0.15, 0.2) is 12.1 Å². The quantitative estimate of drug-likeness (QED) is 0.255. The first-order valence-electron chi connectivity index (χ1n) is 12.7. The maximum Gasteiger partial charge on any atom is 0.206 e. The molecule has 4 unspecified atom stereocenters. The number of rotatable bonds is 14. The predicted molar refractivity (Wildman–Crippen MR) is 138 cm³/mol. The Kier molecular flexibility index (Phi) is 12.2. The Morgan fingerprint density at radius 1 is 0.647 bits per heavy atom. The van der Waals surface area contributed by atoms with E-state index in [9.17, 15) is 0 Å². The average Bonchev–Trinajstić information content (AvgIpc) is 2.67. The van der Waals surface area contributed by atoms with Crippen molar-refractivity contribution in [2.45, 2.75) is 114 Å². The van der Waals surface area contributed by atoms with E-state index in [1.165, 1.54) is 0 Å². The van der Waals surface area contributed by atoms with Crippen molar-refractivity contribution in [2.24, 2.45) is 10.8 Å². The molecule has 6 heteroatoms. The molecule has 1 aromatic carbocycles. The van der Waals surface area contributed by atoms with Gasteiger partial charge in [-0.3, -0.25) is 0 Å². The Labute approximate surface area is 208 Å². The zero-order chi connectivity index (χ0) is 26.1. The first kappa shape index (κ1) is 30.5. The van der Waals surface area contributed by atoms with Crippen LogP contribution in [0.4, 0.5) is 0 Å². The third kappa shape index (κ3) is 10.4. The molecular formula is C28H50O6. The maximum absolute atomic E-state index is 6.26. The Balaban J connectivity index is 3.70. The van der Waals surface area contributed by atoms with Crippen LogP contribution in [0.1, 0.15) is 101 Å². The van der Waals surface area contributed by atoms with E-state index in [4.69, 9.17) is 28.4 Å². The molecule has 198 valence electrons. The van der Waals surface area contributed by atoms with Gasteiger partial charge in [-0.25, -0.2) is 0 Å². The summed E-state index contributed by atoms with van der Waals surface area (Å²) in [5, 5.41) is 0. The molecule has 0 saturated heterocycles. The smallest absolute Gasteiger partial charge is 0.206 e. The molecule has 0 spiro atoms. The summed E-state index contributed by atoms with van der Waals surface area (Å²) in [7, 11) is 0. The fourth-order valence-corrected chi connectivity index (χ4v) is 3.96. The molecule has 0 aromatic heterocycles. The molecule has 0 saturated carbocycles. The fourth-order valence-electron chi connectivity index (χ4n) is 3.96. The summed E-state index contributed by atoms with van der Waals surface area (Å²) in [6.45, 7) is 26.7. The van der Waals surface area contributed by atoms with Gasteiger partial charge in [0.1, 0.15) is 0 Å². The third-order valence-corrected chi connectivity index (χ3v) is 5.38. The lowest BCUT2D eigenvalue weighted by Crippen LogP contribution is -2.25. The number of benzene rings is 1. The lowest BCUT2D eigenvalue weighted by molar-refractivity contribution is -0.0849. The highest BCUT2D eigenvalue weighted by atomic mass is 16.7. The molecule has 34 heavy (non-hydrogen) atoms. The molecule has 0 aliphatic carbocycles. The summed E-state index contributed by atoms with van der Waals surface area (Å²) < 4.78 is 35.8. The van der Waals surface area contributed by atoms with Crippen molar-refractivity contribution in [1.29, 1.82) is 0 Å². The van der Waals surface area contributed by atoms with Crippen molar-refractivity contribution < 1.29 is 28.4 Å². The van der Waals surface area contributed by atoms with Gasteiger partial charge in [0, 0.05) is 19.8 Å². The highest BCUT2D eigenvalue weighted by Gasteiger charge is 2.33. The van der Waals surface area contributed by atoms with Crippen molar-refractivity contribution in [3.05, 3.63) is 17.7 Å². The van der Waals surface area contributed by atoms with Crippen LogP contribution < -0.4 is 14.2 Å². The fraction of sp³-hybridized carbons (Fsp3) is 0.786. The molecule has 0 N–H and O–H groups in total. The minimum absolute atomic E-state index is 0.0277. The van der Waals surface area contributed by atoms with Gasteiger partial charge in [0.05, 0.1) is 0 Å². The zero-order valence-electron chi connectivity index (χ0n) is 23.7. The van der Waals surface area contributed by atoms with Gasteiger partial charge in [0.2, 0.25) is 5.75 Å². The minimum Gasteiger partial charge on any atom is -0.461 e. The van der Waals surface area contributed by atoms with Crippen molar-refractivity contribution >= 4 is 0 Å². The number of hydrogen-bond donors (Lipinski definition) is 0. The van der Waals surface area contributed by atoms with Gasteiger partial charge < -0.3 is 28.4 Å². The maximum atomic E-state index is 6.26. The second kappa shape index (κ2) is 13.6. The summed E-state index contributed by atoms with van der Waals surface area (Å²) in [6.07, 6.45) is -0.360. The molecule has 0 bridgehead atoms. The summed E-state index contributed by atoms with van der Waals surface area (Å²) in [4.78, 5) is 0. The molecule has 1 aromatic rings. The van der Waals surface area contributed by atoms with E-state index >= 15 is 0 Å². The first-order chi connectivity index (χ1) is 15.7. The van der Waals surface area contributed by atoms with Gasteiger partial charge in [-0.15, -0.1) is 0 Å². The van der Waals surface area contributed by atoms with Crippen LogP contribution in [0.3, 0.4) is 0 Å². The van der Waals surface area contributed by atoms with Crippen molar-refractivity contribution in [1.82, 2.24) is 0 Å². The molecular weight excluding hydrogens is 432 g/mol. The minimum atomic E-state index is -0.474. The Hall–Kier alpha value is -1.50. The van der Waals surface area contributed by atoms with Gasteiger partial charge in [-0.05, 0) is 82.4 Å². The van der Waals surface area contributed by atoms with Crippen LogP contribution in [0, 0.1) is 10.8 Å². The van der Waals surface area contributed by atoms with Gasteiger partial charge >= 0.3 is 0 Å². The van der Waals surface area contributed by atoms with E-state index in [0.29, 0.717) is 37.1 Å². The molecule has 6 nitrogen and oxygen atoms in total.